The van der Waals surface area contributed by atoms with Gasteiger partial charge in [-0.1, -0.05) is 19.9 Å². The minimum atomic E-state index is -0.718. The standard InChI is InChI=1S/C15H28N2O2/c1-3-13-17(4-2)14-9-8-12-16-11-7-5-6-10-15(18)19/h8,11-12H,3-7,9-10,13-14H2,1-2H3,(H,18,19)/b12-8+,16-11+. The Bertz CT molecular complexity index is 275. The zero-order valence-corrected chi connectivity index (χ0v) is 12.3. The highest BCUT2D eigenvalue weighted by molar-refractivity contribution is 5.66. The lowest BCUT2D eigenvalue weighted by Crippen LogP contribution is -2.24. The molecule has 19 heavy (non-hydrogen) atoms. The molecule has 0 aromatic heterocycles. The Balaban J connectivity index is 3.48. The molecule has 0 bridgehead atoms. The number of nitrogens with zero attached hydrogens (tertiary/aromatic N) is 2. The van der Waals surface area contributed by atoms with Gasteiger partial charge in [0, 0.05) is 25.4 Å². The molecule has 0 aliphatic rings. The van der Waals surface area contributed by atoms with Gasteiger partial charge in [0.25, 0.3) is 0 Å². The van der Waals surface area contributed by atoms with Crippen LogP contribution in [0.15, 0.2) is 17.3 Å². The smallest absolute Gasteiger partial charge is 0.303 e. The third-order valence-corrected chi connectivity index (χ3v) is 2.87. The van der Waals surface area contributed by atoms with Gasteiger partial charge in [-0.2, -0.15) is 0 Å². The van der Waals surface area contributed by atoms with Crippen molar-refractivity contribution in [2.45, 2.75) is 52.4 Å². The van der Waals surface area contributed by atoms with E-state index in [-0.39, 0.29) is 6.42 Å². The Hall–Kier alpha value is -1.16. The largest absolute Gasteiger partial charge is 0.481 e. The second kappa shape index (κ2) is 13.3. The summed E-state index contributed by atoms with van der Waals surface area (Å²) < 4.78 is 0. The average molecular weight is 268 g/mol. The number of carboxylic acids is 1. The van der Waals surface area contributed by atoms with Crippen molar-refractivity contribution in [2.75, 3.05) is 19.6 Å². The zero-order valence-electron chi connectivity index (χ0n) is 12.3. The maximum atomic E-state index is 10.3. The van der Waals surface area contributed by atoms with E-state index in [4.69, 9.17) is 5.11 Å². The quantitative estimate of drug-likeness (QED) is 0.436. The Morgan fingerprint density at radius 2 is 2.00 bits per heavy atom. The summed E-state index contributed by atoms with van der Waals surface area (Å²) in [6.07, 6.45) is 10.8. The van der Waals surface area contributed by atoms with Crippen LogP contribution >= 0.6 is 0 Å². The molecule has 0 saturated carbocycles. The summed E-state index contributed by atoms with van der Waals surface area (Å²) in [7, 11) is 0. The minimum Gasteiger partial charge on any atom is -0.481 e. The van der Waals surface area contributed by atoms with Crippen molar-refractivity contribution in [3.05, 3.63) is 12.3 Å². The third kappa shape index (κ3) is 13.1. The van der Waals surface area contributed by atoms with Gasteiger partial charge in [-0.05, 0) is 45.2 Å². The molecule has 0 radical (unpaired) electrons. The maximum absolute atomic E-state index is 10.3. The van der Waals surface area contributed by atoms with Crippen LogP contribution in [0, 0.1) is 0 Å². The Kier molecular flexibility index (Phi) is 12.5. The third-order valence-electron chi connectivity index (χ3n) is 2.87. The highest BCUT2D eigenvalue weighted by Crippen LogP contribution is 1.98. The van der Waals surface area contributed by atoms with E-state index in [1.54, 1.807) is 0 Å². The number of carbonyl (C=O) groups is 1. The van der Waals surface area contributed by atoms with Gasteiger partial charge in [0.2, 0.25) is 0 Å². The normalized spacial score (nSPS) is 11.9. The molecule has 0 aliphatic heterocycles. The SMILES string of the molecule is CCCN(CC)CC/C=C/N=C/CCCCC(=O)O. The number of unbranched alkanes of at least 4 members (excludes halogenated alkanes) is 2. The monoisotopic (exact) mass is 268 g/mol. The zero-order chi connectivity index (χ0) is 14.3. The summed E-state index contributed by atoms with van der Waals surface area (Å²) in [4.78, 5) is 16.9. The molecule has 0 rings (SSSR count). The molecule has 0 spiro atoms. The summed E-state index contributed by atoms with van der Waals surface area (Å²) >= 11 is 0. The van der Waals surface area contributed by atoms with Gasteiger partial charge >= 0.3 is 5.97 Å². The molecule has 0 unspecified atom stereocenters. The molecule has 0 atom stereocenters. The van der Waals surface area contributed by atoms with E-state index in [0.29, 0.717) is 0 Å². The van der Waals surface area contributed by atoms with Crippen LogP contribution in [0.2, 0.25) is 0 Å². The second-order valence-corrected chi connectivity index (χ2v) is 4.58. The molecular formula is C15H28N2O2. The van der Waals surface area contributed by atoms with E-state index in [9.17, 15) is 4.79 Å². The predicted molar refractivity (Wildman–Crippen MR) is 80.8 cm³/mol. The first-order chi connectivity index (χ1) is 9.20. The number of aliphatic imine (C=N–C) groups is 1. The van der Waals surface area contributed by atoms with Gasteiger partial charge in [0.15, 0.2) is 0 Å². The van der Waals surface area contributed by atoms with Crippen molar-refractivity contribution in [3.63, 3.8) is 0 Å². The fourth-order valence-electron chi connectivity index (χ4n) is 1.78. The van der Waals surface area contributed by atoms with Crippen LogP contribution in [0.3, 0.4) is 0 Å². The molecule has 110 valence electrons. The van der Waals surface area contributed by atoms with Crippen LogP contribution in [0.1, 0.15) is 52.4 Å². The fourth-order valence-corrected chi connectivity index (χ4v) is 1.78. The number of hydrogen-bond donors (Lipinski definition) is 1. The van der Waals surface area contributed by atoms with E-state index in [0.717, 1.165) is 45.3 Å². The van der Waals surface area contributed by atoms with Crippen molar-refractivity contribution < 1.29 is 9.90 Å². The lowest BCUT2D eigenvalue weighted by molar-refractivity contribution is -0.137. The molecular weight excluding hydrogens is 240 g/mol. The number of carboxylic acid groups (broad SMARTS) is 1. The van der Waals surface area contributed by atoms with Crippen LogP contribution < -0.4 is 0 Å². The lowest BCUT2D eigenvalue weighted by atomic mass is 10.2. The Morgan fingerprint density at radius 3 is 2.63 bits per heavy atom. The van der Waals surface area contributed by atoms with Gasteiger partial charge in [-0.25, -0.2) is 0 Å². The van der Waals surface area contributed by atoms with Crippen LogP contribution in [-0.4, -0.2) is 41.8 Å². The lowest BCUT2D eigenvalue weighted by Gasteiger charge is -2.17. The van der Waals surface area contributed by atoms with Crippen LogP contribution in [0.5, 0.6) is 0 Å². The molecule has 0 aliphatic carbocycles. The molecule has 4 heteroatoms. The minimum absolute atomic E-state index is 0.258. The van der Waals surface area contributed by atoms with E-state index < -0.39 is 5.97 Å². The van der Waals surface area contributed by atoms with Gasteiger partial charge in [-0.3, -0.25) is 9.79 Å². The number of aliphatic carboxylic acids is 1. The summed E-state index contributed by atoms with van der Waals surface area (Å²) in [6, 6.07) is 0. The first-order valence-corrected chi connectivity index (χ1v) is 7.31. The molecule has 0 amide bonds. The Morgan fingerprint density at radius 1 is 1.21 bits per heavy atom. The van der Waals surface area contributed by atoms with Gasteiger partial charge in [0.1, 0.15) is 0 Å². The molecule has 0 aromatic carbocycles. The second-order valence-electron chi connectivity index (χ2n) is 4.58. The molecule has 1 N–H and O–H groups in total. The van der Waals surface area contributed by atoms with Gasteiger partial charge in [0.05, 0.1) is 0 Å². The first kappa shape index (κ1) is 17.8. The molecule has 0 heterocycles. The predicted octanol–water partition coefficient (Wildman–Crippen LogP) is 3.34. The van der Waals surface area contributed by atoms with Crippen molar-refractivity contribution >= 4 is 12.2 Å². The summed E-state index contributed by atoms with van der Waals surface area (Å²) in [5, 5.41) is 8.47. The maximum Gasteiger partial charge on any atom is 0.303 e. The van der Waals surface area contributed by atoms with Gasteiger partial charge < -0.3 is 10.0 Å². The van der Waals surface area contributed by atoms with Crippen LogP contribution in [0.4, 0.5) is 0 Å². The first-order valence-electron chi connectivity index (χ1n) is 7.31. The summed E-state index contributed by atoms with van der Waals surface area (Å²) in [5.41, 5.74) is 0. The van der Waals surface area contributed by atoms with Crippen molar-refractivity contribution in [1.29, 1.82) is 0 Å². The average Bonchev–Trinajstić information content (AvgIpc) is 2.39. The van der Waals surface area contributed by atoms with E-state index in [1.165, 1.54) is 6.42 Å². The number of rotatable bonds is 12. The summed E-state index contributed by atoms with van der Waals surface area (Å²) in [6.45, 7) is 7.75. The highest BCUT2D eigenvalue weighted by Gasteiger charge is 1.97. The molecule has 0 aromatic rings. The Labute approximate surface area is 117 Å². The molecule has 4 nitrogen and oxygen atoms in total. The fraction of sp³-hybridized carbons (Fsp3) is 0.733. The number of hydrogen-bond acceptors (Lipinski definition) is 3. The molecule has 0 fully saturated rings. The topological polar surface area (TPSA) is 52.9 Å². The van der Waals surface area contributed by atoms with Crippen LogP contribution in [-0.2, 0) is 4.79 Å². The van der Waals surface area contributed by atoms with Crippen molar-refractivity contribution in [1.82, 2.24) is 4.90 Å². The van der Waals surface area contributed by atoms with E-state index in [2.05, 4.69) is 29.8 Å². The van der Waals surface area contributed by atoms with E-state index in [1.807, 2.05) is 12.4 Å². The molecule has 0 saturated heterocycles. The summed E-state index contributed by atoms with van der Waals surface area (Å²) in [5.74, 6) is -0.718. The highest BCUT2D eigenvalue weighted by atomic mass is 16.4. The van der Waals surface area contributed by atoms with Crippen molar-refractivity contribution in [3.8, 4) is 0 Å². The van der Waals surface area contributed by atoms with Gasteiger partial charge in [-0.15, -0.1) is 0 Å². The van der Waals surface area contributed by atoms with Crippen molar-refractivity contribution in [2.24, 2.45) is 4.99 Å². The van der Waals surface area contributed by atoms with Crippen LogP contribution in [0.25, 0.3) is 0 Å². The van der Waals surface area contributed by atoms with E-state index >= 15 is 0 Å².